The Morgan fingerprint density at radius 3 is 2.49 bits per heavy atom. The molecule has 3 spiro atoms. The third-order valence-corrected chi connectivity index (χ3v) is 15.0. The summed E-state index contributed by atoms with van der Waals surface area (Å²) in [6, 6.07) is 0. The summed E-state index contributed by atoms with van der Waals surface area (Å²) in [5.74, 6) is -0.111. The molecule has 8 rings (SSSR count). The van der Waals surface area contributed by atoms with Crippen LogP contribution in [0.25, 0.3) is 0 Å². The van der Waals surface area contributed by atoms with Crippen LogP contribution >= 0.6 is 0 Å². The Hall–Kier alpha value is -0.840. The van der Waals surface area contributed by atoms with E-state index in [9.17, 15) is 20.4 Å². The van der Waals surface area contributed by atoms with Gasteiger partial charge < -0.3 is 39.4 Å². The van der Waals surface area contributed by atoms with Crippen molar-refractivity contribution in [2.45, 2.75) is 141 Å². The van der Waals surface area contributed by atoms with Gasteiger partial charge in [-0.25, -0.2) is 0 Å². The van der Waals surface area contributed by atoms with Gasteiger partial charge in [0.25, 0.3) is 0 Å². The molecular weight excluding hydrogens is 548 g/mol. The number of aliphatic hydroxyl groups is 4. The molecule has 5 aliphatic carbocycles. The monoisotopic (exact) mass is 600 g/mol. The van der Waals surface area contributed by atoms with E-state index in [1.54, 1.807) is 0 Å². The zero-order chi connectivity index (χ0) is 30.7. The van der Waals surface area contributed by atoms with Crippen molar-refractivity contribution in [1.29, 1.82) is 0 Å². The first-order valence-electron chi connectivity index (χ1n) is 16.8. The number of hydrogen-bond donors (Lipinski definition) is 4. The molecule has 16 atom stereocenters. The van der Waals surface area contributed by atoms with E-state index in [2.05, 4.69) is 47.3 Å². The number of ether oxygens (including phenoxy) is 4. The highest BCUT2D eigenvalue weighted by Gasteiger charge is 2.86. The maximum Gasteiger partial charge on any atom is 0.200 e. The standard InChI is InChI=1S/C35H52O8/c1-17(2)26-20-14-18(3)27-31(6)12-13-34-16-33(34)11-10-23(41-28-25(38)24(37)19(36)15-40-28)30(4,5)21(33)8-9-22(34)32(31,7)29(39)35(27,42-20)43-26/h9,18-21,23-29,36-39H,1,8,10-16H2,2-7H3/t18-,19-,20-,21+,23+,24+,25-,26-,27-,28+,29-,31-,32-,33-,34+,35+/m1/s1. The minimum atomic E-state index is -1.28. The summed E-state index contributed by atoms with van der Waals surface area (Å²) in [4.78, 5) is 0. The topological polar surface area (TPSA) is 118 Å². The molecule has 0 unspecified atom stereocenters. The lowest BCUT2D eigenvalue weighted by Gasteiger charge is -2.60. The van der Waals surface area contributed by atoms with Crippen molar-refractivity contribution in [2.75, 3.05) is 6.61 Å². The van der Waals surface area contributed by atoms with Gasteiger partial charge in [-0.3, -0.25) is 0 Å². The van der Waals surface area contributed by atoms with Crippen LogP contribution in [0.5, 0.6) is 0 Å². The quantitative estimate of drug-likeness (QED) is 0.361. The molecule has 240 valence electrons. The van der Waals surface area contributed by atoms with Crippen LogP contribution in [-0.2, 0) is 18.9 Å². The van der Waals surface area contributed by atoms with E-state index in [4.69, 9.17) is 18.9 Å². The van der Waals surface area contributed by atoms with E-state index in [-0.39, 0.29) is 52.5 Å². The maximum absolute atomic E-state index is 12.6. The Kier molecular flexibility index (Phi) is 6.01. The van der Waals surface area contributed by atoms with E-state index in [1.807, 2.05) is 6.92 Å². The summed E-state index contributed by atoms with van der Waals surface area (Å²) < 4.78 is 25.8. The SMILES string of the molecule is C=C(C)[C@H]1O[C@@]23O[C@@H]1C[C@@H](C)[C@@H]2[C@@]1(C)CC[C@@]24C[C@@]25CC[C@H](O[C@@H]2OC[C@@H](O)[C@H](O)[C@H]2O)C(C)(C)[C@@H]5CC=C4[C@]1(C)[C@H]3O. The Morgan fingerprint density at radius 2 is 1.77 bits per heavy atom. The summed E-state index contributed by atoms with van der Waals surface area (Å²) >= 11 is 0. The van der Waals surface area contributed by atoms with Crippen LogP contribution in [0.3, 0.4) is 0 Å². The van der Waals surface area contributed by atoms with Crippen LogP contribution < -0.4 is 0 Å². The van der Waals surface area contributed by atoms with E-state index < -0.39 is 41.9 Å². The molecule has 7 fully saturated rings. The Morgan fingerprint density at radius 1 is 1.02 bits per heavy atom. The molecule has 0 aromatic carbocycles. The lowest BCUT2D eigenvalue weighted by molar-refractivity contribution is -0.300. The molecule has 4 saturated carbocycles. The second kappa shape index (κ2) is 8.74. The highest BCUT2D eigenvalue weighted by molar-refractivity contribution is 5.48. The molecule has 3 saturated heterocycles. The van der Waals surface area contributed by atoms with Gasteiger partial charge in [0.1, 0.15) is 30.5 Å². The number of hydrogen-bond acceptors (Lipinski definition) is 8. The van der Waals surface area contributed by atoms with E-state index in [1.165, 1.54) is 5.57 Å². The van der Waals surface area contributed by atoms with Gasteiger partial charge in [0.05, 0.1) is 18.8 Å². The van der Waals surface area contributed by atoms with E-state index >= 15 is 0 Å². The highest BCUT2D eigenvalue weighted by Crippen LogP contribution is 2.89. The summed E-state index contributed by atoms with van der Waals surface area (Å²) in [6.07, 6.45) is 3.79. The van der Waals surface area contributed by atoms with Gasteiger partial charge in [-0.1, -0.05) is 52.8 Å². The molecule has 2 bridgehead atoms. The zero-order valence-electron chi connectivity index (χ0n) is 26.7. The average molecular weight is 601 g/mol. The molecule has 8 heteroatoms. The molecule has 43 heavy (non-hydrogen) atoms. The van der Waals surface area contributed by atoms with Crippen molar-refractivity contribution in [3.8, 4) is 0 Å². The van der Waals surface area contributed by atoms with Crippen LogP contribution in [0, 0.1) is 44.8 Å². The van der Waals surface area contributed by atoms with Gasteiger partial charge in [0.2, 0.25) is 0 Å². The molecule has 3 aliphatic heterocycles. The van der Waals surface area contributed by atoms with Crippen LogP contribution in [0.15, 0.2) is 23.8 Å². The summed E-state index contributed by atoms with van der Waals surface area (Å²) in [7, 11) is 0. The van der Waals surface area contributed by atoms with Crippen LogP contribution in [-0.4, -0.2) is 81.8 Å². The van der Waals surface area contributed by atoms with Crippen molar-refractivity contribution >= 4 is 0 Å². The number of allylic oxidation sites excluding steroid dienone is 1. The van der Waals surface area contributed by atoms with Gasteiger partial charge in [0, 0.05) is 11.3 Å². The molecule has 0 amide bonds. The molecule has 8 aliphatic rings. The third-order valence-electron chi connectivity index (χ3n) is 15.0. The number of fused-ring (bicyclic) bond motifs is 4. The summed E-state index contributed by atoms with van der Waals surface area (Å²) in [6.45, 7) is 17.9. The van der Waals surface area contributed by atoms with Crippen molar-refractivity contribution in [3.05, 3.63) is 23.8 Å². The van der Waals surface area contributed by atoms with Crippen LogP contribution in [0.1, 0.15) is 86.5 Å². The van der Waals surface area contributed by atoms with Crippen molar-refractivity contribution in [3.63, 3.8) is 0 Å². The number of aliphatic hydroxyl groups excluding tert-OH is 4. The molecular formula is C35H52O8. The molecule has 0 radical (unpaired) electrons. The largest absolute Gasteiger partial charge is 0.388 e. The minimum Gasteiger partial charge on any atom is -0.388 e. The molecule has 8 nitrogen and oxygen atoms in total. The Labute approximate surface area is 255 Å². The Balaban J connectivity index is 1.13. The normalized spacial score (nSPS) is 61.0. The highest BCUT2D eigenvalue weighted by atomic mass is 16.8. The average Bonchev–Trinajstić information content (AvgIpc) is 3.46. The molecule has 0 aromatic heterocycles. The fourth-order valence-electron chi connectivity index (χ4n) is 12.9. The van der Waals surface area contributed by atoms with Crippen molar-refractivity contribution in [1.82, 2.24) is 0 Å². The smallest absolute Gasteiger partial charge is 0.200 e. The lowest BCUT2D eigenvalue weighted by Crippen LogP contribution is -2.58. The molecule has 4 N–H and O–H groups in total. The second-order valence-electron chi connectivity index (χ2n) is 17.0. The predicted octanol–water partition coefficient (Wildman–Crippen LogP) is 3.85. The molecule has 0 aromatic rings. The zero-order valence-corrected chi connectivity index (χ0v) is 26.7. The first-order valence-corrected chi connectivity index (χ1v) is 16.8. The maximum atomic E-state index is 12.6. The first kappa shape index (κ1) is 29.6. The van der Waals surface area contributed by atoms with Crippen LogP contribution in [0.4, 0.5) is 0 Å². The predicted molar refractivity (Wildman–Crippen MR) is 157 cm³/mol. The van der Waals surface area contributed by atoms with Gasteiger partial charge in [-0.05, 0) is 90.9 Å². The second-order valence-corrected chi connectivity index (χ2v) is 17.0. The third kappa shape index (κ3) is 3.21. The summed E-state index contributed by atoms with van der Waals surface area (Å²) in [5.41, 5.74) is 1.86. The lowest BCUT2D eigenvalue weighted by atomic mass is 9.44. The fraction of sp³-hybridized carbons (Fsp3) is 0.886. The van der Waals surface area contributed by atoms with Gasteiger partial charge >= 0.3 is 0 Å². The molecule has 3 heterocycles. The minimum absolute atomic E-state index is 0.0520. The Bertz CT molecular complexity index is 1260. The van der Waals surface area contributed by atoms with E-state index in [0.29, 0.717) is 11.8 Å². The van der Waals surface area contributed by atoms with Crippen molar-refractivity contribution < 1.29 is 39.4 Å². The van der Waals surface area contributed by atoms with E-state index in [0.717, 1.165) is 50.5 Å². The van der Waals surface area contributed by atoms with Gasteiger partial charge in [0.15, 0.2) is 12.1 Å². The first-order chi connectivity index (χ1) is 20.1. The van der Waals surface area contributed by atoms with Gasteiger partial charge in [-0.2, -0.15) is 0 Å². The number of rotatable bonds is 3. The van der Waals surface area contributed by atoms with Crippen LogP contribution in [0.2, 0.25) is 0 Å². The van der Waals surface area contributed by atoms with Gasteiger partial charge in [-0.15, -0.1) is 0 Å². The van der Waals surface area contributed by atoms with Crippen molar-refractivity contribution in [2.24, 2.45) is 44.8 Å². The fourth-order valence-corrected chi connectivity index (χ4v) is 12.9. The summed E-state index contributed by atoms with van der Waals surface area (Å²) in [5, 5.41) is 43.3.